The number of hydrogen-bond acceptors (Lipinski definition) is 2. The van der Waals surface area contributed by atoms with Crippen LogP contribution < -0.4 is 5.32 Å². The van der Waals surface area contributed by atoms with Gasteiger partial charge in [-0.2, -0.15) is 0 Å². The molecule has 0 saturated heterocycles. The Morgan fingerprint density at radius 3 is 2.69 bits per heavy atom. The fourth-order valence-electron chi connectivity index (χ4n) is 1.43. The van der Waals surface area contributed by atoms with Gasteiger partial charge < -0.3 is 10.4 Å². The maximum Gasteiger partial charge on any atom is 0.224 e. The zero-order valence-electron chi connectivity index (χ0n) is 7.99. The van der Waals surface area contributed by atoms with Crippen molar-refractivity contribution in [3.8, 4) is 0 Å². The molecular weight excluding hydrogens is 166 g/mol. The molecule has 1 aliphatic rings. The molecule has 1 aliphatic carbocycles. The number of aliphatic hydroxyl groups is 1. The summed E-state index contributed by atoms with van der Waals surface area (Å²) in [5, 5.41) is 11.7. The van der Waals surface area contributed by atoms with Crippen molar-refractivity contribution in [2.24, 2.45) is 5.92 Å². The average molecular weight is 183 g/mol. The Labute approximate surface area is 78.8 Å². The highest BCUT2D eigenvalue weighted by Crippen LogP contribution is 2.17. The highest BCUT2D eigenvalue weighted by Gasteiger charge is 2.20. The topological polar surface area (TPSA) is 49.3 Å². The third kappa shape index (κ3) is 2.84. The van der Waals surface area contributed by atoms with Gasteiger partial charge in [0.15, 0.2) is 0 Å². The third-order valence-corrected chi connectivity index (χ3v) is 2.44. The Balaban J connectivity index is 2.31. The molecule has 0 aromatic carbocycles. The van der Waals surface area contributed by atoms with E-state index in [2.05, 4.69) is 5.32 Å². The molecule has 2 N–H and O–H groups in total. The molecule has 0 saturated carbocycles. The minimum absolute atomic E-state index is 0.0301. The van der Waals surface area contributed by atoms with Gasteiger partial charge in [-0.3, -0.25) is 4.79 Å². The zero-order chi connectivity index (χ0) is 9.68. The van der Waals surface area contributed by atoms with Crippen LogP contribution in [0.25, 0.3) is 0 Å². The van der Waals surface area contributed by atoms with Crippen molar-refractivity contribution in [3.63, 3.8) is 0 Å². The minimum atomic E-state index is -0.0758. The van der Waals surface area contributed by atoms with Gasteiger partial charge in [0, 0.05) is 5.92 Å². The number of rotatable bonds is 4. The molecule has 0 aliphatic heterocycles. The summed E-state index contributed by atoms with van der Waals surface area (Å²) in [5.41, 5.74) is 0. The summed E-state index contributed by atoms with van der Waals surface area (Å²) >= 11 is 0. The molecule has 0 radical (unpaired) electrons. The summed E-state index contributed by atoms with van der Waals surface area (Å²) in [5.74, 6) is 0.173. The van der Waals surface area contributed by atoms with Gasteiger partial charge in [-0.1, -0.05) is 19.1 Å². The lowest BCUT2D eigenvalue weighted by atomic mass is 10.1. The average Bonchev–Trinajstić information content (AvgIpc) is 2.66. The number of hydrogen-bond donors (Lipinski definition) is 2. The molecule has 0 unspecified atom stereocenters. The van der Waals surface area contributed by atoms with E-state index >= 15 is 0 Å². The van der Waals surface area contributed by atoms with E-state index in [1.807, 2.05) is 19.1 Å². The van der Waals surface area contributed by atoms with E-state index in [0.717, 1.165) is 19.3 Å². The summed E-state index contributed by atoms with van der Waals surface area (Å²) in [4.78, 5) is 11.5. The monoisotopic (exact) mass is 183 g/mol. The fourth-order valence-corrected chi connectivity index (χ4v) is 1.43. The second-order valence-electron chi connectivity index (χ2n) is 3.44. The largest absolute Gasteiger partial charge is 0.394 e. The second-order valence-corrected chi connectivity index (χ2v) is 3.44. The predicted molar refractivity (Wildman–Crippen MR) is 51.2 cm³/mol. The molecule has 1 rings (SSSR count). The molecule has 3 nitrogen and oxygen atoms in total. The van der Waals surface area contributed by atoms with Crippen LogP contribution in [0.4, 0.5) is 0 Å². The third-order valence-electron chi connectivity index (χ3n) is 2.44. The number of allylic oxidation sites excluding steroid dienone is 2. The Hall–Kier alpha value is -0.830. The van der Waals surface area contributed by atoms with Gasteiger partial charge in [-0.25, -0.2) is 0 Å². The van der Waals surface area contributed by atoms with Gasteiger partial charge in [0.2, 0.25) is 5.91 Å². The maximum atomic E-state index is 11.5. The van der Waals surface area contributed by atoms with Crippen LogP contribution in [0.1, 0.15) is 26.2 Å². The summed E-state index contributed by atoms with van der Waals surface area (Å²) in [6.45, 7) is 1.98. The van der Waals surface area contributed by atoms with Crippen LogP contribution >= 0.6 is 0 Å². The van der Waals surface area contributed by atoms with Crippen molar-refractivity contribution >= 4 is 5.91 Å². The van der Waals surface area contributed by atoms with Crippen molar-refractivity contribution in [2.75, 3.05) is 6.61 Å². The summed E-state index contributed by atoms with van der Waals surface area (Å²) in [7, 11) is 0. The molecule has 3 heteroatoms. The van der Waals surface area contributed by atoms with Gasteiger partial charge in [0.1, 0.15) is 0 Å². The van der Waals surface area contributed by atoms with E-state index in [1.165, 1.54) is 0 Å². The SMILES string of the molecule is CC[C@@H](CO)NC(=O)C1CC=CC1. The van der Waals surface area contributed by atoms with E-state index in [1.54, 1.807) is 0 Å². The van der Waals surface area contributed by atoms with Crippen LogP contribution in [0.15, 0.2) is 12.2 Å². The first-order chi connectivity index (χ1) is 6.27. The van der Waals surface area contributed by atoms with Crippen LogP contribution in [-0.4, -0.2) is 23.7 Å². The van der Waals surface area contributed by atoms with E-state index in [0.29, 0.717) is 0 Å². The Kier molecular flexibility index (Phi) is 3.96. The summed E-state index contributed by atoms with van der Waals surface area (Å²) in [6.07, 6.45) is 6.53. The first-order valence-corrected chi connectivity index (χ1v) is 4.84. The number of amides is 1. The quantitative estimate of drug-likeness (QED) is 0.634. The number of aliphatic hydroxyl groups excluding tert-OH is 1. The molecule has 13 heavy (non-hydrogen) atoms. The lowest BCUT2D eigenvalue weighted by Gasteiger charge is -2.16. The molecular formula is C10H17NO2. The summed E-state index contributed by atoms with van der Waals surface area (Å²) in [6, 6.07) is -0.0758. The van der Waals surface area contributed by atoms with Crippen molar-refractivity contribution in [3.05, 3.63) is 12.2 Å². The number of carbonyl (C=O) groups excluding carboxylic acids is 1. The first kappa shape index (κ1) is 10.3. The van der Waals surface area contributed by atoms with E-state index in [-0.39, 0.29) is 24.5 Å². The van der Waals surface area contributed by atoms with Crippen LogP contribution in [0, 0.1) is 5.92 Å². The van der Waals surface area contributed by atoms with Crippen molar-refractivity contribution in [1.82, 2.24) is 5.32 Å². The van der Waals surface area contributed by atoms with E-state index in [4.69, 9.17) is 5.11 Å². The molecule has 0 aromatic rings. The van der Waals surface area contributed by atoms with Gasteiger partial charge in [-0.15, -0.1) is 0 Å². The van der Waals surface area contributed by atoms with Crippen molar-refractivity contribution in [2.45, 2.75) is 32.2 Å². The molecule has 1 amide bonds. The molecule has 0 heterocycles. The smallest absolute Gasteiger partial charge is 0.224 e. The van der Waals surface area contributed by atoms with Crippen LogP contribution in [0.3, 0.4) is 0 Å². The predicted octanol–water partition coefficient (Wildman–Crippen LogP) is 0.840. The normalized spacial score (nSPS) is 18.9. The van der Waals surface area contributed by atoms with Crippen LogP contribution in [-0.2, 0) is 4.79 Å². The van der Waals surface area contributed by atoms with Crippen molar-refractivity contribution < 1.29 is 9.90 Å². The van der Waals surface area contributed by atoms with E-state index in [9.17, 15) is 4.79 Å². The maximum absolute atomic E-state index is 11.5. The Morgan fingerprint density at radius 1 is 1.62 bits per heavy atom. The Bertz CT molecular complexity index is 189. The molecule has 1 atom stereocenters. The minimum Gasteiger partial charge on any atom is -0.394 e. The van der Waals surface area contributed by atoms with Gasteiger partial charge in [0.25, 0.3) is 0 Å². The highest BCUT2D eigenvalue weighted by molar-refractivity contribution is 5.79. The van der Waals surface area contributed by atoms with Crippen LogP contribution in [0.2, 0.25) is 0 Å². The molecule has 0 bridgehead atoms. The summed E-state index contributed by atoms with van der Waals surface area (Å²) < 4.78 is 0. The molecule has 74 valence electrons. The van der Waals surface area contributed by atoms with Crippen molar-refractivity contribution in [1.29, 1.82) is 0 Å². The Morgan fingerprint density at radius 2 is 2.23 bits per heavy atom. The second kappa shape index (κ2) is 5.02. The fraction of sp³-hybridized carbons (Fsp3) is 0.700. The van der Waals surface area contributed by atoms with Gasteiger partial charge >= 0.3 is 0 Å². The van der Waals surface area contributed by atoms with Gasteiger partial charge in [-0.05, 0) is 19.3 Å². The molecule has 0 spiro atoms. The number of carbonyl (C=O) groups is 1. The highest BCUT2D eigenvalue weighted by atomic mass is 16.3. The standard InChI is InChI=1S/C10H17NO2/c1-2-9(7-12)11-10(13)8-5-3-4-6-8/h3-4,8-9,12H,2,5-7H2,1H3,(H,11,13)/t9-/m0/s1. The van der Waals surface area contributed by atoms with E-state index < -0.39 is 0 Å². The molecule has 0 fully saturated rings. The van der Waals surface area contributed by atoms with Gasteiger partial charge in [0.05, 0.1) is 12.6 Å². The van der Waals surface area contributed by atoms with Crippen LogP contribution in [0.5, 0.6) is 0 Å². The number of nitrogens with one attached hydrogen (secondary N) is 1. The zero-order valence-corrected chi connectivity index (χ0v) is 7.99. The molecule has 0 aromatic heterocycles. The first-order valence-electron chi connectivity index (χ1n) is 4.84. The lowest BCUT2D eigenvalue weighted by Crippen LogP contribution is -2.40. The lowest BCUT2D eigenvalue weighted by molar-refractivity contribution is -0.125.